The second-order valence-corrected chi connectivity index (χ2v) is 5.51. The Morgan fingerprint density at radius 2 is 2.00 bits per heavy atom. The molecule has 4 N–H and O–H groups in total. The maximum atomic E-state index is 12.1. The number of primary amides is 1. The minimum absolute atomic E-state index is 0. The Labute approximate surface area is 148 Å². The van der Waals surface area contributed by atoms with Crippen LogP contribution in [0.25, 0.3) is 0 Å². The van der Waals surface area contributed by atoms with E-state index in [9.17, 15) is 9.59 Å². The van der Waals surface area contributed by atoms with Crippen LogP contribution >= 0.6 is 12.4 Å². The van der Waals surface area contributed by atoms with E-state index in [0.29, 0.717) is 24.4 Å². The fourth-order valence-corrected chi connectivity index (χ4v) is 2.59. The number of benzene rings is 1. The highest BCUT2D eigenvalue weighted by molar-refractivity contribution is 5.99. The first-order valence-corrected chi connectivity index (χ1v) is 7.80. The van der Waals surface area contributed by atoms with Crippen molar-refractivity contribution in [1.29, 1.82) is 0 Å². The van der Waals surface area contributed by atoms with Gasteiger partial charge in [-0.2, -0.15) is 0 Å². The average Bonchev–Trinajstić information content (AvgIpc) is 3.05. The van der Waals surface area contributed by atoms with Crippen molar-refractivity contribution >= 4 is 35.6 Å². The van der Waals surface area contributed by atoms with Gasteiger partial charge in [0.15, 0.2) is 0 Å². The number of anilines is 2. The molecule has 7 nitrogen and oxygen atoms in total. The standard InChI is InChI=1S/C16H24N4O3.ClH/c1-23-9-6-18-11-15(21)19-13-10-12(16(17)22)4-5-14(13)20-7-2-3-8-20;/h4-5,10,18H,2-3,6-9,11H2,1H3,(H2,17,22)(H,19,21);1H. The Hall–Kier alpha value is -1.83. The lowest BCUT2D eigenvalue weighted by atomic mass is 10.1. The number of hydrogen-bond acceptors (Lipinski definition) is 5. The van der Waals surface area contributed by atoms with Gasteiger partial charge in [-0.15, -0.1) is 12.4 Å². The van der Waals surface area contributed by atoms with Crippen molar-refractivity contribution in [3.8, 4) is 0 Å². The number of methoxy groups -OCH3 is 1. The van der Waals surface area contributed by atoms with Crippen LogP contribution in [0.2, 0.25) is 0 Å². The first kappa shape index (κ1) is 20.2. The molecule has 0 bridgehead atoms. The predicted octanol–water partition coefficient (Wildman–Crippen LogP) is 0.982. The Bertz CT molecular complexity index is 562. The second-order valence-electron chi connectivity index (χ2n) is 5.51. The molecule has 0 atom stereocenters. The van der Waals surface area contributed by atoms with Crippen molar-refractivity contribution < 1.29 is 14.3 Å². The molecule has 1 saturated heterocycles. The molecule has 8 heteroatoms. The van der Waals surface area contributed by atoms with Crippen molar-refractivity contribution in [3.05, 3.63) is 23.8 Å². The Kier molecular flexibility index (Phi) is 8.53. The lowest BCUT2D eigenvalue weighted by Gasteiger charge is -2.22. The van der Waals surface area contributed by atoms with Crippen LogP contribution < -0.4 is 21.3 Å². The molecule has 1 fully saturated rings. The zero-order chi connectivity index (χ0) is 16.7. The summed E-state index contributed by atoms with van der Waals surface area (Å²) in [5.41, 5.74) is 7.28. The van der Waals surface area contributed by atoms with Crippen LogP contribution in [0.5, 0.6) is 0 Å². The van der Waals surface area contributed by atoms with Gasteiger partial charge in [0.25, 0.3) is 0 Å². The van der Waals surface area contributed by atoms with Crippen LogP contribution in [-0.4, -0.2) is 51.7 Å². The largest absolute Gasteiger partial charge is 0.383 e. The molecule has 0 unspecified atom stereocenters. The summed E-state index contributed by atoms with van der Waals surface area (Å²) < 4.78 is 4.92. The van der Waals surface area contributed by atoms with Gasteiger partial charge in [0, 0.05) is 32.3 Å². The first-order chi connectivity index (χ1) is 11.1. The molecule has 1 aliphatic heterocycles. The molecule has 1 aromatic carbocycles. The number of rotatable bonds is 8. The summed E-state index contributed by atoms with van der Waals surface area (Å²) in [7, 11) is 1.61. The van der Waals surface area contributed by atoms with Gasteiger partial charge in [-0.3, -0.25) is 9.59 Å². The third-order valence-corrected chi connectivity index (χ3v) is 3.77. The molecule has 1 aliphatic rings. The highest BCUT2D eigenvalue weighted by atomic mass is 35.5. The quantitative estimate of drug-likeness (QED) is 0.603. The molecule has 1 heterocycles. The SMILES string of the molecule is COCCNCC(=O)Nc1cc(C(N)=O)ccc1N1CCCC1.Cl. The molecule has 0 radical (unpaired) electrons. The van der Waals surface area contributed by atoms with Crippen LogP contribution in [-0.2, 0) is 9.53 Å². The zero-order valence-electron chi connectivity index (χ0n) is 13.8. The summed E-state index contributed by atoms with van der Waals surface area (Å²) in [6.45, 7) is 3.23. The summed E-state index contributed by atoms with van der Waals surface area (Å²) in [5, 5.41) is 5.86. The Balaban J connectivity index is 0.00000288. The van der Waals surface area contributed by atoms with Crippen molar-refractivity contribution in [2.75, 3.05) is 50.1 Å². The van der Waals surface area contributed by atoms with Gasteiger partial charge in [-0.1, -0.05) is 0 Å². The molecule has 134 valence electrons. The van der Waals surface area contributed by atoms with E-state index >= 15 is 0 Å². The van der Waals surface area contributed by atoms with E-state index in [1.54, 1.807) is 19.2 Å². The van der Waals surface area contributed by atoms with Gasteiger partial charge in [0.05, 0.1) is 24.5 Å². The van der Waals surface area contributed by atoms with Gasteiger partial charge in [-0.05, 0) is 31.0 Å². The molecule has 0 spiro atoms. The maximum Gasteiger partial charge on any atom is 0.248 e. The number of carbonyl (C=O) groups excluding carboxylic acids is 2. The van der Waals surface area contributed by atoms with Crippen molar-refractivity contribution in [1.82, 2.24) is 5.32 Å². The second kappa shape index (κ2) is 10.1. The molecule has 2 rings (SSSR count). The van der Waals surface area contributed by atoms with E-state index in [0.717, 1.165) is 31.6 Å². The van der Waals surface area contributed by atoms with Crippen molar-refractivity contribution in [2.45, 2.75) is 12.8 Å². The molecule has 1 aromatic rings. The van der Waals surface area contributed by atoms with Crippen molar-refractivity contribution in [3.63, 3.8) is 0 Å². The smallest absolute Gasteiger partial charge is 0.248 e. The molecule has 0 aliphatic carbocycles. The number of amides is 2. The molecule has 2 amide bonds. The Morgan fingerprint density at radius 3 is 2.62 bits per heavy atom. The molecular formula is C16H25ClN4O3. The monoisotopic (exact) mass is 356 g/mol. The number of halogens is 1. The highest BCUT2D eigenvalue weighted by Gasteiger charge is 2.18. The maximum absolute atomic E-state index is 12.1. The highest BCUT2D eigenvalue weighted by Crippen LogP contribution is 2.30. The zero-order valence-corrected chi connectivity index (χ0v) is 14.7. The van der Waals surface area contributed by atoms with Crippen LogP contribution in [0.15, 0.2) is 18.2 Å². The van der Waals surface area contributed by atoms with Gasteiger partial charge in [-0.25, -0.2) is 0 Å². The summed E-state index contributed by atoms with van der Waals surface area (Å²) in [4.78, 5) is 25.7. The lowest BCUT2D eigenvalue weighted by Crippen LogP contribution is -2.31. The lowest BCUT2D eigenvalue weighted by molar-refractivity contribution is -0.115. The summed E-state index contributed by atoms with van der Waals surface area (Å²) >= 11 is 0. The number of ether oxygens (including phenoxy) is 1. The summed E-state index contributed by atoms with van der Waals surface area (Å²) in [5.74, 6) is -0.671. The fourth-order valence-electron chi connectivity index (χ4n) is 2.59. The van der Waals surface area contributed by atoms with Gasteiger partial charge in [0.2, 0.25) is 11.8 Å². The number of nitrogens with one attached hydrogen (secondary N) is 2. The average molecular weight is 357 g/mol. The first-order valence-electron chi connectivity index (χ1n) is 7.80. The van der Waals surface area contributed by atoms with E-state index < -0.39 is 5.91 Å². The van der Waals surface area contributed by atoms with E-state index in [4.69, 9.17) is 10.5 Å². The third kappa shape index (κ3) is 5.67. The van der Waals surface area contributed by atoms with E-state index in [1.165, 1.54) is 0 Å². The third-order valence-electron chi connectivity index (χ3n) is 3.77. The van der Waals surface area contributed by atoms with Gasteiger partial charge < -0.3 is 26.0 Å². The molecular weight excluding hydrogens is 332 g/mol. The predicted molar refractivity (Wildman–Crippen MR) is 97.0 cm³/mol. The van der Waals surface area contributed by atoms with E-state index in [-0.39, 0.29) is 24.9 Å². The van der Waals surface area contributed by atoms with Crippen LogP contribution in [0, 0.1) is 0 Å². The normalized spacial score (nSPS) is 13.5. The number of nitrogens with zero attached hydrogens (tertiary/aromatic N) is 1. The van der Waals surface area contributed by atoms with E-state index in [2.05, 4.69) is 15.5 Å². The van der Waals surface area contributed by atoms with Gasteiger partial charge in [0.1, 0.15) is 0 Å². The van der Waals surface area contributed by atoms with E-state index in [1.807, 2.05) is 6.07 Å². The number of nitrogens with two attached hydrogens (primary N) is 1. The minimum Gasteiger partial charge on any atom is -0.383 e. The number of hydrogen-bond donors (Lipinski definition) is 3. The molecule has 24 heavy (non-hydrogen) atoms. The topological polar surface area (TPSA) is 96.7 Å². The van der Waals surface area contributed by atoms with Crippen molar-refractivity contribution in [2.24, 2.45) is 5.73 Å². The summed E-state index contributed by atoms with van der Waals surface area (Å²) in [6.07, 6.45) is 2.26. The van der Waals surface area contributed by atoms with Crippen LogP contribution in [0.3, 0.4) is 0 Å². The fraction of sp³-hybridized carbons (Fsp3) is 0.500. The van der Waals surface area contributed by atoms with Crippen LogP contribution in [0.4, 0.5) is 11.4 Å². The molecule has 0 saturated carbocycles. The number of carbonyl (C=O) groups is 2. The summed E-state index contributed by atoms with van der Waals surface area (Å²) in [6, 6.07) is 5.19. The Morgan fingerprint density at radius 1 is 1.29 bits per heavy atom. The minimum atomic E-state index is -0.508. The van der Waals surface area contributed by atoms with Gasteiger partial charge >= 0.3 is 0 Å². The van der Waals surface area contributed by atoms with Crippen LogP contribution in [0.1, 0.15) is 23.2 Å². The molecule has 0 aromatic heterocycles.